The van der Waals surface area contributed by atoms with E-state index in [0.717, 1.165) is 5.56 Å². The summed E-state index contributed by atoms with van der Waals surface area (Å²) in [5.41, 5.74) is 0.789. The topological polar surface area (TPSA) is 75.4 Å². The van der Waals surface area contributed by atoms with Crippen LogP contribution in [0.5, 0.6) is 0 Å². The molecule has 1 atom stereocenters. The van der Waals surface area contributed by atoms with Gasteiger partial charge >= 0.3 is 6.18 Å². The Kier molecular flexibility index (Phi) is 6.74. The number of halogens is 4. The average Bonchev–Trinajstić information content (AvgIpc) is 3.34. The molecule has 0 bridgehead atoms. The molecule has 6 nitrogen and oxygen atoms in total. The molecule has 156 valence electrons. The molecule has 1 N–H and O–H groups in total. The van der Waals surface area contributed by atoms with E-state index in [1.807, 2.05) is 5.32 Å². The van der Waals surface area contributed by atoms with Crippen molar-refractivity contribution in [3.63, 3.8) is 0 Å². The van der Waals surface area contributed by atoms with Gasteiger partial charge in [0.2, 0.25) is 11.8 Å². The number of hydrogen-bond acceptors (Lipinski definition) is 5. The highest BCUT2D eigenvalue weighted by molar-refractivity contribution is 7.99. The number of aromatic nitrogens is 1. The molecule has 1 aliphatic rings. The standard InChI is InChI=1S/C18H17ClF3N3O3S/c19-12-3-1-11(2-4-12)14-7-23-15(28-14)5-6-16(26)25-10-29-8-13(25)17(27)24-9-18(20,21)22/h1-4,7,13H,5-6,8-10H2,(H,24,27)/t13-/m0/s1. The second kappa shape index (κ2) is 9.08. The van der Waals surface area contributed by atoms with Crippen LogP contribution < -0.4 is 5.32 Å². The number of carbonyl (C=O) groups excluding carboxylic acids is 2. The predicted octanol–water partition coefficient (Wildman–Crippen LogP) is 3.51. The molecule has 0 spiro atoms. The first-order valence-corrected chi connectivity index (χ1v) is 10.2. The highest BCUT2D eigenvalue weighted by Crippen LogP contribution is 2.25. The van der Waals surface area contributed by atoms with Crippen molar-refractivity contribution in [3.05, 3.63) is 41.4 Å². The molecular formula is C18H17ClF3N3O3S. The maximum atomic E-state index is 12.5. The van der Waals surface area contributed by atoms with Crippen molar-refractivity contribution >= 4 is 35.2 Å². The normalized spacial score (nSPS) is 16.8. The van der Waals surface area contributed by atoms with Gasteiger partial charge in [-0.2, -0.15) is 13.2 Å². The minimum Gasteiger partial charge on any atom is -0.441 e. The molecule has 0 saturated carbocycles. The van der Waals surface area contributed by atoms with E-state index < -0.39 is 24.7 Å². The van der Waals surface area contributed by atoms with Crippen LogP contribution in [-0.2, 0) is 16.0 Å². The van der Waals surface area contributed by atoms with Crippen molar-refractivity contribution in [2.45, 2.75) is 25.1 Å². The number of rotatable bonds is 6. The molecule has 1 aliphatic heterocycles. The van der Waals surface area contributed by atoms with Gasteiger partial charge in [0, 0.05) is 29.2 Å². The van der Waals surface area contributed by atoms with Crippen molar-refractivity contribution in [1.82, 2.24) is 15.2 Å². The smallest absolute Gasteiger partial charge is 0.405 e. The largest absolute Gasteiger partial charge is 0.441 e. The lowest BCUT2D eigenvalue weighted by Gasteiger charge is -2.23. The summed E-state index contributed by atoms with van der Waals surface area (Å²) in [4.78, 5) is 29.9. The molecule has 2 aromatic rings. The minimum atomic E-state index is -4.50. The summed E-state index contributed by atoms with van der Waals surface area (Å²) >= 11 is 7.17. The number of alkyl halides is 3. The first-order valence-electron chi connectivity index (χ1n) is 8.65. The van der Waals surface area contributed by atoms with Crippen molar-refractivity contribution in [2.75, 3.05) is 18.2 Å². The molecule has 0 aliphatic carbocycles. The molecule has 2 amide bonds. The Morgan fingerprint density at radius 1 is 1.31 bits per heavy atom. The van der Waals surface area contributed by atoms with Gasteiger partial charge in [-0.25, -0.2) is 4.98 Å². The van der Waals surface area contributed by atoms with Gasteiger partial charge in [0.1, 0.15) is 12.6 Å². The van der Waals surface area contributed by atoms with E-state index in [4.69, 9.17) is 16.0 Å². The molecule has 0 radical (unpaired) electrons. The highest BCUT2D eigenvalue weighted by atomic mass is 35.5. The van der Waals surface area contributed by atoms with Crippen LogP contribution in [0.4, 0.5) is 13.2 Å². The van der Waals surface area contributed by atoms with Crippen molar-refractivity contribution in [3.8, 4) is 11.3 Å². The van der Waals surface area contributed by atoms with Gasteiger partial charge in [0.25, 0.3) is 0 Å². The van der Waals surface area contributed by atoms with Gasteiger partial charge in [-0.15, -0.1) is 11.8 Å². The van der Waals surface area contributed by atoms with E-state index >= 15 is 0 Å². The van der Waals surface area contributed by atoms with Gasteiger partial charge in [-0.3, -0.25) is 9.59 Å². The zero-order valence-electron chi connectivity index (χ0n) is 15.0. The van der Waals surface area contributed by atoms with Crippen molar-refractivity contribution in [2.24, 2.45) is 0 Å². The number of amides is 2. The fourth-order valence-electron chi connectivity index (χ4n) is 2.74. The van der Waals surface area contributed by atoms with Gasteiger partial charge < -0.3 is 14.6 Å². The molecule has 2 heterocycles. The third-order valence-corrected chi connectivity index (χ3v) is 5.47. The molecule has 11 heteroatoms. The summed E-state index contributed by atoms with van der Waals surface area (Å²) in [6.45, 7) is -1.42. The molecule has 1 aromatic heterocycles. The Labute approximate surface area is 173 Å². The second-order valence-electron chi connectivity index (χ2n) is 6.34. The molecule has 29 heavy (non-hydrogen) atoms. The van der Waals surface area contributed by atoms with Crippen LogP contribution in [0.2, 0.25) is 5.02 Å². The van der Waals surface area contributed by atoms with Crippen LogP contribution in [-0.4, -0.2) is 52.1 Å². The zero-order chi connectivity index (χ0) is 21.0. The first kappa shape index (κ1) is 21.5. The lowest BCUT2D eigenvalue weighted by atomic mass is 10.2. The third-order valence-electron chi connectivity index (χ3n) is 4.20. The van der Waals surface area contributed by atoms with Crippen LogP contribution in [0.15, 0.2) is 34.9 Å². The molecule has 3 rings (SSSR count). The minimum absolute atomic E-state index is 0.0319. The number of thioether (sulfide) groups is 1. The predicted molar refractivity (Wildman–Crippen MR) is 102 cm³/mol. The lowest BCUT2D eigenvalue weighted by molar-refractivity contribution is -0.144. The summed E-state index contributed by atoms with van der Waals surface area (Å²) in [5, 5.41) is 2.43. The monoisotopic (exact) mass is 447 g/mol. The van der Waals surface area contributed by atoms with Gasteiger partial charge in [-0.05, 0) is 24.3 Å². The first-order chi connectivity index (χ1) is 13.7. The van der Waals surface area contributed by atoms with E-state index in [1.54, 1.807) is 30.5 Å². The Morgan fingerprint density at radius 2 is 2.03 bits per heavy atom. The number of benzene rings is 1. The Hall–Kier alpha value is -2.20. The maximum absolute atomic E-state index is 12.5. The van der Waals surface area contributed by atoms with E-state index in [0.29, 0.717) is 16.7 Å². The number of hydrogen-bond donors (Lipinski definition) is 1. The summed E-state index contributed by atoms with van der Waals surface area (Å²) in [6.07, 6.45) is -2.71. The maximum Gasteiger partial charge on any atom is 0.405 e. The fraction of sp³-hybridized carbons (Fsp3) is 0.389. The lowest BCUT2D eigenvalue weighted by Crippen LogP contribution is -2.49. The number of nitrogens with zero attached hydrogens (tertiary/aromatic N) is 2. The molecule has 1 saturated heterocycles. The van der Waals surface area contributed by atoms with Crippen molar-refractivity contribution < 1.29 is 27.2 Å². The molecule has 1 aromatic carbocycles. The molecule has 0 unspecified atom stereocenters. The summed E-state index contributed by atoms with van der Waals surface area (Å²) < 4.78 is 42.5. The average molecular weight is 448 g/mol. The third kappa shape index (κ3) is 5.89. The van der Waals surface area contributed by atoms with E-state index in [2.05, 4.69) is 4.98 Å². The van der Waals surface area contributed by atoms with E-state index in [-0.39, 0.29) is 30.4 Å². The molecule has 1 fully saturated rings. The number of oxazole rings is 1. The second-order valence-corrected chi connectivity index (χ2v) is 7.77. The highest BCUT2D eigenvalue weighted by Gasteiger charge is 2.36. The van der Waals surface area contributed by atoms with Crippen LogP contribution >= 0.6 is 23.4 Å². The number of nitrogens with one attached hydrogen (secondary N) is 1. The number of carbonyl (C=O) groups is 2. The van der Waals surface area contributed by atoms with Crippen LogP contribution in [0, 0.1) is 0 Å². The van der Waals surface area contributed by atoms with E-state index in [1.165, 1.54) is 16.7 Å². The molecular weight excluding hydrogens is 431 g/mol. The SMILES string of the molecule is O=C(NCC(F)(F)F)[C@@H]1CSCN1C(=O)CCc1ncc(-c2ccc(Cl)cc2)o1. The zero-order valence-corrected chi connectivity index (χ0v) is 16.6. The van der Waals surface area contributed by atoms with Crippen LogP contribution in [0.1, 0.15) is 12.3 Å². The quantitative estimate of drug-likeness (QED) is 0.733. The fourth-order valence-corrected chi connectivity index (χ4v) is 4.05. The van der Waals surface area contributed by atoms with E-state index in [9.17, 15) is 22.8 Å². The van der Waals surface area contributed by atoms with Crippen molar-refractivity contribution in [1.29, 1.82) is 0 Å². The number of aryl methyl sites for hydroxylation is 1. The Balaban J connectivity index is 1.54. The summed E-state index contributed by atoms with van der Waals surface area (Å²) in [5.74, 6) is 0.258. The van der Waals surface area contributed by atoms with Gasteiger partial charge in [-0.1, -0.05) is 11.6 Å². The Bertz CT molecular complexity index is 873. The van der Waals surface area contributed by atoms with Gasteiger partial charge in [0.05, 0.1) is 12.1 Å². The van der Waals surface area contributed by atoms with Gasteiger partial charge in [0.15, 0.2) is 11.7 Å². The summed E-state index contributed by atoms with van der Waals surface area (Å²) in [7, 11) is 0. The Morgan fingerprint density at radius 3 is 2.72 bits per heavy atom. The van der Waals surface area contributed by atoms with Crippen LogP contribution in [0.3, 0.4) is 0 Å². The van der Waals surface area contributed by atoms with Crippen LogP contribution in [0.25, 0.3) is 11.3 Å². The summed E-state index contributed by atoms with van der Waals surface area (Å²) in [6, 6.07) is 6.09.